The van der Waals surface area contributed by atoms with Gasteiger partial charge in [0.1, 0.15) is 11.9 Å². The average molecular weight is 415 g/mol. The van der Waals surface area contributed by atoms with E-state index in [4.69, 9.17) is 4.74 Å². The van der Waals surface area contributed by atoms with E-state index in [1.165, 1.54) is 4.31 Å². The minimum absolute atomic E-state index is 0.0261. The first-order valence-corrected chi connectivity index (χ1v) is 11.5. The van der Waals surface area contributed by atoms with Gasteiger partial charge >= 0.3 is 0 Å². The molecule has 0 unspecified atom stereocenters. The van der Waals surface area contributed by atoms with Crippen LogP contribution in [-0.2, 0) is 10.0 Å². The lowest BCUT2D eigenvalue weighted by Gasteiger charge is -2.25. The monoisotopic (exact) mass is 414 g/mol. The minimum atomic E-state index is -3.48. The molecule has 2 aliphatic heterocycles. The van der Waals surface area contributed by atoms with Crippen LogP contribution in [0.4, 0.5) is 5.69 Å². The first kappa shape index (κ1) is 19.9. The van der Waals surface area contributed by atoms with Crippen molar-refractivity contribution in [3.05, 3.63) is 53.6 Å². The minimum Gasteiger partial charge on any atom is -0.489 e. The maximum Gasteiger partial charge on any atom is 0.259 e. The van der Waals surface area contributed by atoms with E-state index in [1.807, 2.05) is 19.1 Å². The molecular formula is C22H26N2O4S. The van der Waals surface area contributed by atoms with E-state index in [0.717, 1.165) is 24.8 Å². The van der Waals surface area contributed by atoms with Crippen LogP contribution in [0.2, 0.25) is 0 Å². The second-order valence-corrected chi connectivity index (χ2v) is 9.72. The van der Waals surface area contributed by atoms with Gasteiger partial charge < -0.3 is 10.1 Å². The topological polar surface area (TPSA) is 75.7 Å². The maximum absolute atomic E-state index is 12.8. The number of hydrogen-bond donors (Lipinski definition) is 1. The van der Waals surface area contributed by atoms with Gasteiger partial charge in [-0.25, -0.2) is 8.42 Å². The van der Waals surface area contributed by atoms with Gasteiger partial charge in [-0.2, -0.15) is 4.31 Å². The molecular weight excluding hydrogens is 388 g/mol. The molecule has 0 bridgehead atoms. The Hall–Kier alpha value is -2.38. The smallest absolute Gasteiger partial charge is 0.259 e. The fourth-order valence-electron chi connectivity index (χ4n) is 3.93. The fraction of sp³-hybridized carbons (Fsp3) is 0.409. The summed E-state index contributed by atoms with van der Waals surface area (Å²) in [5.41, 5.74) is 2.07. The van der Waals surface area contributed by atoms with Crippen molar-refractivity contribution in [2.24, 2.45) is 0 Å². The lowest BCUT2D eigenvalue weighted by Crippen LogP contribution is -2.35. The number of piperidine rings is 1. The Morgan fingerprint density at radius 1 is 1.03 bits per heavy atom. The molecule has 0 aromatic heterocycles. The molecule has 4 rings (SSSR count). The van der Waals surface area contributed by atoms with Gasteiger partial charge in [0, 0.05) is 30.3 Å². The summed E-state index contributed by atoms with van der Waals surface area (Å²) >= 11 is 0. The van der Waals surface area contributed by atoms with Crippen molar-refractivity contribution in [3.8, 4) is 5.75 Å². The van der Waals surface area contributed by atoms with Gasteiger partial charge in [0.25, 0.3) is 5.91 Å². The molecule has 0 spiro atoms. The van der Waals surface area contributed by atoms with Crippen LogP contribution in [0.25, 0.3) is 0 Å². The Kier molecular flexibility index (Phi) is 5.36. The van der Waals surface area contributed by atoms with Gasteiger partial charge in [0.05, 0.1) is 10.5 Å². The number of para-hydroxylation sites is 1. The lowest BCUT2D eigenvalue weighted by atomic mass is 9.97. The summed E-state index contributed by atoms with van der Waals surface area (Å²) in [4.78, 5) is 13.1. The SMILES string of the molecule is C[C@@H]1Oc2c(C(=O)Nc3ccc(S(=O)(=O)N4CCCCC4)cc3)cccc2[C@H]1C. The zero-order valence-electron chi connectivity index (χ0n) is 16.7. The van der Waals surface area contributed by atoms with Crippen molar-refractivity contribution < 1.29 is 17.9 Å². The summed E-state index contributed by atoms with van der Waals surface area (Å²) in [6.07, 6.45) is 2.89. The number of amides is 1. The standard InChI is InChI=1S/C22H26N2O4S/c1-15-16(2)28-21-19(15)7-6-8-20(21)22(25)23-17-9-11-18(12-10-17)29(26,27)24-13-4-3-5-14-24/h6-12,15-16H,3-5,13-14H2,1-2H3,(H,23,25)/t15-,16-/m0/s1. The zero-order valence-corrected chi connectivity index (χ0v) is 17.5. The van der Waals surface area contributed by atoms with E-state index < -0.39 is 10.0 Å². The van der Waals surface area contributed by atoms with Gasteiger partial charge in [-0.1, -0.05) is 25.5 Å². The van der Waals surface area contributed by atoms with Crippen LogP contribution in [0.5, 0.6) is 5.75 Å². The van der Waals surface area contributed by atoms with E-state index in [1.54, 1.807) is 30.3 Å². The zero-order chi connectivity index (χ0) is 20.6. The van der Waals surface area contributed by atoms with Crippen LogP contribution >= 0.6 is 0 Å². The van der Waals surface area contributed by atoms with Gasteiger partial charge in [-0.15, -0.1) is 0 Å². The Bertz CT molecular complexity index is 1010. The molecule has 1 N–H and O–H groups in total. The van der Waals surface area contributed by atoms with Crippen molar-refractivity contribution in [2.75, 3.05) is 18.4 Å². The van der Waals surface area contributed by atoms with Gasteiger partial charge in [0.15, 0.2) is 0 Å². The quantitative estimate of drug-likeness (QED) is 0.821. The van der Waals surface area contributed by atoms with E-state index in [0.29, 0.717) is 30.1 Å². The number of carbonyl (C=O) groups is 1. The lowest BCUT2D eigenvalue weighted by molar-refractivity contribution is 0.102. The van der Waals surface area contributed by atoms with Crippen LogP contribution in [0.15, 0.2) is 47.4 Å². The molecule has 1 amide bonds. The highest BCUT2D eigenvalue weighted by Crippen LogP contribution is 2.40. The molecule has 7 heteroatoms. The Balaban J connectivity index is 1.51. The highest BCUT2D eigenvalue weighted by Gasteiger charge is 2.31. The van der Waals surface area contributed by atoms with E-state index in [2.05, 4.69) is 12.2 Å². The van der Waals surface area contributed by atoms with Crippen molar-refractivity contribution in [2.45, 2.75) is 50.0 Å². The van der Waals surface area contributed by atoms with Gasteiger partial charge in [-0.05, 0) is 50.1 Å². The number of hydrogen-bond acceptors (Lipinski definition) is 4. The molecule has 2 heterocycles. The van der Waals surface area contributed by atoms with Crippen molar-refractivity contribution in [3.63, 3.8) is 0 Å². The Morgan fingerprint density at radius 3 is 2.41 bits per heavy atom. The molecule has 0 radical (unpaired) electrons. The van der Waals surface area contributed by atoms with Crippen LogP contribution in [-0.4, -0.2) is 37.8 Å². The summed E-state index contributed by atoms with van der Waals surface area (Å²) in [6.45, 7) is 5.21. The summed E-state index contributed by atoms with van der Waals surface area (Å²) < 4.78 is 32.9. The summed E-state index contributed by atoms with van der Waals surface area (Å²) in [7, 11) is -3.48. The second-order valence-electron chi connectivity index (χ2n) is 7.78. The predicted molar refractivity (Wildman–Crippen MR) is 112 cm³/mol. The van der Waals surface area contributed by atoms with Gasteiger partial charge in [0.2, 0.25) is 10.0 Å². The van der Waals surface area contributed by atoms with E-state index in [9.17, 15) is 13.2 Å². The van der Waals surface area contributed by atoms with Crippen molar-refractivity contribution in [1.29, 1.82) is 0 Å². The highest BCUT2D eigenvalue weighted by atomic mass is 32.2. The molecule has 6 nitrogen and oxygen atoms in total. The largest absolute Gasteiger partial charge is 0.489 e. The van der Waals surface area contributed by atoms with Crippen LogP contribution < -0.4 is 10.1 Å². The first-order valence-electron chi connectivity index (χ1n) is 10.1. The number of sulfonamides is 1. The predicted octanol–water partition coefficient (Wildman–Crippen LogP) is 4.00. The van der Waals surface area contributed by atoms with Crippen molar-refractivity contribution >= 4 is 21.6 Å². The third-order valence-corrected chi connectivity index (χ3v) is 7.77. The number of fused-ring (bicyclic) bond motifs is 1. The molecule has 1 fully saturated rings. The first-order chi connectivity index (χ1) is 13.9. The summed E-state index contributed by atoms with van der Waals surface area (Å²) in [6, 6.07) is 12.0. The Labute approximate surface area is 171 Å². The summed E-state index contributed by atoms with van der Waals surface area (Å²) in [5, 5.41) is 2.85. The summed E-state index contributed by atoms with van der Waals surface area (Å²) in [5.74, 6) is 0.598. The molecule has 1 saturated heterocycles. The molecule has 2 atom stereocenters. The average Bonchev–Trinajstić information content (AvgIpc) is 3.03. The number of rotatable bonds is 4. The normalized spacial score (nSPS) is 22.0. The van der Waals surface area contributed by atoms with Gasteiger partial charge in [-0.3, -0.25) is 4.79 Å². The maximum atomic E-state index is 12.8. The number of carbonyl (C=O) groups excluding carboxylic acids is 1. The number of ether oxygens (including phenoxy) is 1. The molecule has 154 valence electrons. The number of nitrogens with one attached hydrogen (secondary N) is 1. The van der Waals surface area contributed by atoms with Crippen LogP contribution in [0.1, 0.15) is 54.9 Å². The van der Waals surface area contributed by atoms with E-state index in [-0.39, 0.29) is 22.8 Å². The third kappa shape index (κ3) is 3.76. The number of anilines is 1. The number of benzene rings is 2. The van der Waals surface area contributed by atoms with Crippen molar-refractivity contribution in [1.82, 2.24) is 4.31 Å². The third-order valence-electron chi connectivity index (χ3n) is 5.85. The number of nitrogens with zero attached hydrogens (tertiary/aromatic N) is 1. The molecule has 2 aromatic rings. The van der Waals surface area contributed by atoms with Crippen LogP contribution in [0, 0.1) is 0 Å². The molecule has 29 heavy (non-hydrogen) atoms. The van der Waals surface area contributed by atoms with Crippen LogP contribution in [0.3, 0.4) is 0 Å². The fourth-order valence-corrected chi connectivity index (χ4v) is 5.44. The molecule has 2 aliphatic rings. The van der Waals surface area contributed by atoms with E-state index >= 15 is 0 Å². The molecule has 0 saturated carbocycles. The molecule has 2 aromatic carbocycles. The Morgan fingerprint density at radius 2 is 1.72 bits per heavy atom. The molecule has 0 aliphatic carbocycles. The second kappa shape index (κ2) is 7.80. The highest BCUT2D eigenvalue weighted by molar-refractivity contribution is 7.89.